The molecule has 1 unspecified atom stereocenters. The molecule has 0 saturated carbocycles. The molecule has 0 aliphatic carbocycles. The average Bonchev–Trinajstić information content (AvgIpc) is 2.39. The summed E-state index contributed by atoms with van der Waals surface area (Å²) in [5.41, 5.74) is 0.349. The van der Waals surface area contributed by atoms with E-state index in [-0.39, 0.29) is 6.04 Å². The van der Waals surface area contributed by atoms with Gasteiger partial charge in [-0.3, -0.25) is 0 Å². The van der Waals surface area contributed by atoms with Gasteiger partial charge in [0.2, 0.25) is 5.95 Å². The highest BCUT2D eigenvalue weighted by molar-refractivity contribution is 5.88. The highest BCUT2D eigenvalue weighted by Crippen LogP contribution is 2.05. The van der Waals surface area contributed by atoms with Crippen LogP contribution < -0.4 is 5.32 Å². The lowest BCUT2D eigenvalue weighted by molar-refractivity contribution is 0.0525. The molecule has 0 aliphatic rings. The van der Waals surface area contributed by atoms with Crippen LogP contribution in [0.25, 0.3) is 0 Å². The van der Waals surface area contributed by atoms with E-state index in [4.69, 9.17) is 9.47 Å². The second kappa shape index (κ2) is 7.60. The van der Waals surface area contributed by atoms with Crippen molar-refractivity contribution in [3.63, 3.8) is 0 Å². The van der Waals surface area contributed by atoms with Crippen LogP contribution in [0.3, 0.4) is 0 Å². The number of methoxy groups -OCH3 is 1. The lowest BCUT2D eigenvalue weighted by Crippen LogP contribution is -2.25. The van der Waals surface area contributed by atoms with Crippen molar-refractivity contribution < 1.29 is 14.3 Å². The third-order valence-electron chi connectivity index (χ3n) is 2.36. The Morgan fingerprint density at radius 3 is 2.56 bits per heavy atom. The van der Waals surface area contributed by atoms with E-state index in [1.165, 1.54) is 12.4 Å². The number of rotatable bonds is 7. The van der Waals surface area contributed by atoms with Crippen LogP contribution in [0.2, 0.25) is 0 Å². The summed E-state index contributed by atoms with van der Waals surface area (Å²) in [6, 6.07) is 0.156. The predicted molar refractivity (Wildman–Crippen MR) is 67.6 cm³/mol. The van der Waals surface area contributed by atoms with Gasteiger partial charge in [0.1, 0.15) is 0 Å². The Kier molecular flexibility index (Phi) is 6.07. The number of hydrogen-bond donors (Lipinski definition) is 1. The Morgan fingerprint density at radius 2 is 2.06 bits per heavy atom. The zero-order valence-corrected chi connectivity index (χ0v) is 11.0. The second-order valence-electron chi connectivity index (χ2n) is 3.72. The van der Waals surface area contributed by atoms with E-state index in [1.807, 2.05) is 6.92 Å². The third-order valence-corrected chi connectivity index (χ3v) is 2.36. The van der Waals surface area contributed by atoms with Gasteiger partial charge in [0.25, 0.3) is 0 Å². The van der Waals surface area contributed by atoms with Gasteiger partial charge in [0.05, 0.1) is 24.8 Å². The molecule has 0 fully saturated rings. The van der Waals surface area contributed by atoms with E-state index < -0.39 is 5.97 Å². The van der Waals surface area contributed by atoms with Gasteiger partial charge in [0, 0.05) is 19.5 Å². The number of ether oxygens (including phenoxy) is 2. The van der Waals surface area contributed by atoms with Crippen molar-refractivity contribution in [2.24, 2.45) is 0 Å². The quantitative estimate of drug-likeness (QED) is 0.742. The van der Waals surface area contributed by atoms with Crippen LogP contribution in [0, 0.1) is 0 Å². The molecule has 0 bridgehead atoms. The molecule has 1 rings (SSSR count). The fourth-order valence-electron chi connectivity index (χ4n) is 1.37. The van der Waals surface area contributed by atoms with E-state index in [9.17, 15) is 4.79 Å². The minimum Gasteiger partial charge on any atom is -0.462 e. The van der Waals surface area contributed by atoms with Crippen molar-refractivity contribution in [2.45, 2.75) is 26.3 Å². The van der Waals surface area contributed by atoms with E-state index in [1.54, 1.807) is 14.0 Å². The molecule has 0 spiro atoms. The summed E-state index contributed by atoms with van der Waals surface area (Å²) in [6.45, 7) is 4.72. The third kappa shape index (κ3) is 4.29. The van der Waals surface area contributed by atoms with Crippen LogP contribution in [-0.4, -0.2) is 42.3 Å². The highest BCUT2D eigenvalue weighted by Gasteiger charge is 2.10. The molecule has 1 N–H and O–H groups in total. The SMILES string of the molecule is CCOC(=O)c1cnc(NC(CC)COC)nc1. The smallest absolute Gasteiger partial charge is 0.341 e. The summed E-state index contributed by atoms with van der Waals surface area (Å²) in [5.74, 6) is 0.0694. The molecule has 0 amide bonds. The Hall–Kier alpha value is -1.69. The summed E-state index contributed by atoms with van der Waals surface area (Å²) in [4.78, 5) is 19.5. The van der Waals surface area contributed by atoms with Gasteiger partial charge < -0.3 is 14.8 Å². The molecule has 0 aromatic carbocycles. The van der Waals surface area contributed by atoms with Gasteiger partial charge in [-0.15, -0.1) is 0 Å². The summed E-state index contributed by atoms with van der Waals surface area (Å²) < 4.78 is 9.92. The number of nitrogens with zero attached hydrogens (tertiary/aromatic N) is 2. The molecule has 1 aromatic heterocycles. The van der Waals surface area contributed by atoms with Crippen molar-refractivity contribution in [3.05, 3.63) is 18.0 Å². The van der Waals surface area contributed by atoms with E-state index in [0.29, 0.717) is 24.7 Å². The fourth-order valence-corrected chi connectivity index (χ4v) is 1.37. The van der Waals surface area contributed by atoms with Crippen molar-refractivity contribution in [3.8, 4) is 0 Å². The maximum atomic E-state index is 11.4. The van der Waals surface area contributed by atoms with Gasteiger partial charge in [-0.05, 0) is 13.3 Å². The highest BCUT2D eigenvalue weighted by atomic mass is 16.5. The van der Waals surface area contributed by atoms with Crippen molar-refractivity contribution in [1.82, 2.24) is 9.97 Å². The summed E-state index contributed by atoms with van der Waals surface area (Å²) in [6.07, 6.45) is 3.80. The molecule has 0 radical (unpaired) electrons. The average molecular weight is 253 g/mol. The van der Waals surface area contributed by atoms with Gasteiger partial charge in [-0.2, -0.15) is 0 Å². The number of carbonyl (C=O) groups is 1. The van der Waals surface area contributed by atoms with Crippen LogP contribution in [0.1, 0.15) is 30.6 Å². The second-order valence-corrected chi connectivity index (χ2v) is 3.72. The lowest BCUT2D eigenvalue weighted by Gasteiger charge is -2.15. The maximum absolute atomic E-state index is 11.4. The number of carbonyl (C=O) groups excluding carboxylic acids is 1. The number of aromatic nitrogens is 2. The predicted octanol–water partition coefficient (Wildman–Crippen LogP) is 1.49. The van der Waals surface area contributed by atoms with Crippen LogP contribution in [0.15, 0.2) is 12.4 Å². The van der Waals surface area contributed by atoms with Gasteiger partial charge in [-0.25, -0.2) is 14.8 Å². The molecular weight excluding hydrogens is 234 g/mol. The molecule has 100 valence electrons. The van der Waals surface area contributed by atoms with Crippen molar-refractivity contribution in [1.29, 1.82) is 0 Å². The first-order chi connectivity index (χ1) is 8.71. The van der Waals surface area contributed by atoms with Crippen LogP contribution in [-0.2, 0) is 9.47 Å². The first-order valence-corrected chi connectivity index (χ1v) is 5.95. The molecule has 1 heterocycles. The first kappa shape index (κ1) is 14.4. The first-order valence-electron chi connectivity index (χ1n) is 5.95. The Morgan fingerprint density at radius 1 is 1.39 bits per heavy atom. The monoisotopic (exact) mass is 253 g/mol. The molecule has 6 nitrogen and oxygen atoms in total. The molecule has 1 atom stereocenters. The molecule has 0 aliphatic heterocycles. The minimum absolute atomic E-state index is 0.156. The zero-order chi connectivity index (χ0) is 13.4. The Balaban J connectivity index is 2.62. The van der Waals surface area contributed by atoms with Crippen LogP contribution in [0.5, 0.6) is 0 Å². The van der Waals surface area contributed by atoms with Gasteiger partial charge in [0.15, 0.2) is 0 Å². The largest absolute Gasteiger partial charge is 0.462 e. The van der Waals surface area contributed by atoms with Crippen molar-refractivity contribution in [2.75, 3.05) is 25.6 Å². The molecular formula is C12H19N3O3. The number of nitrogens with one attached hydrogen (secondary N) is 1. The molecule has 18 heavy (non-hydrogen) atoms. The Bertz CT molecular complexity index is 367. The van der Waals surface area contributed by atoms with E-state index in [2.05, 4.69) is 15.3 Å². The molecule has 6 heteroatoms. The van der Waals surface area contributed by atoms with E-state index in [0.717, 1.165) is 6.42 Å². The molecule has 1 aromatic rings. The topological polar surface area (TPSA) is 73.3 Å². The normalized spacial score (nSPS) is 11.9. The lowest BCUT2D eigenvalue weighted by atomic mass is 10.2. The van der Waals surface area contributed by atoms with E-state index >= 15 is 0 Å². The number of esters is 1. The Labute approximate surface area is 107 Å². The number of anilines is 1. The summed E-state index contributed by atoms with van der Waals surface area (Å²) in [7, 11) is 1.65. The van der Waals surface area contributed by atoms with Gasteiger partial charge >= 0.3 is 5.97 Å². The summed E-state index contributed by atoms with van der Waals surface area (Å²) >= 11 is 0. The number of hydrogen-bond acceptors (Lipinski definition) is 6. The standard InChI is InChI=1S/C12H19N3O3/c1-4-10(8-17-3)15-12-13-6-9(7-14-12)11(16)18-5-2/h6-7,10H,4-5,8H2,1-3H3,(H,13,14,15). The summed E-state index contributed by atoms with van der Waals surface area (Å²) in [5, 5.41) is 3.13. The minimum atomic E-state index is -0.409. The van der Waals surface area contributed by atoms with Crippen LogP contribution in [0.4, 0.5) is 5.95 Å². The fraction of sp³-hybridized carbons (Fsp3) is 0.583. The zero-order valence-electron chi connectivity index (χ0n) is 11.0. The van der Waals surface area contributed by atoms with Crippen molar-refractivity contribution >= 4 is 11.9 Å². The van der Waals surface area contributed by atoms with Crippen LogP contribution >= 0.6 is 0 Å². The molecule has 0 saturated heterocycles. The maximum Gasteiger partial charge on any atom is 0.341 e. The van der Waals surface area contributed by atoms with Gasteiger partial charge in [-0.1, -0.05) is 6.92 Å².